The quantitative estimate of drug-likeness (QED) is 0.620. The summed E-state index contributed by atoms with van der Waals surface area (Å²) in [6, 6.07) is 5.64. The number of hydrogen-bond donors (Lipinski definition) is 0. The minimum atomic E-state index is -0.865. The molecule has 0 atom stereocenters. The van der Waals surface area contributed by atoms with Gasteiger partial charge in [0.25, 0.3) is 0 Å². The van der Waals surface area contributed by atoms with Crippen molar-refractivity contribution in [1.29, 1.82) is 0 Å². The normalized spacial score (nSPS) is 16.4. The second-order valence-electron chi connectivity index (χ2n) is 8.24. The average molecular weight is 440 g/mol. The van der Waals surface area contributed by atoms with E-state index in [-0.39, 0.29) is 11.8 Å². The lowest BCUT2D eigenvalue weighted by molar-refractivity contribution is 0.159. The lowest BCUT2D eigenvalue weighted by Gasteiger charge is -2.34. The minimum absolute atomic E-state index is 0.0557. The van der Waals surface area contributed by atoms with Gasteiger partial charge in [0, 0.05) is 43.1 Å². The third-order valence-corrected chi connectivity index (χ3v) is 6.16. The number of nitrogens with zero attached hydrogens (tertiary/aromatic N) is 4. The van der Waals surface area contributed by atoms with E-state index in [9.17, 15) is 9.18 Å². The molecule has 5 rings (SSSR count). The summed E-state index contributed by atoms with van der Waals surface area (Å²) in [6.07, 6.45) is 1.64. The first-order valence-corrected chi connectivity index (χ1v) is 10.8. The van der Waals surface area contributed by atoms with Gasteiger partial charge in [0.2, 0.25) is 5.82 Å². The summed E-state index contributed by atoms with van der Waals surface area (Å²) in [6.45, 7) is 7.86. The van der Waals surface area contributed by atoms with Crippen LogP contribution in [-0.2, 0) is 0 Å². The fourth-order valence-corrected chi connectivity index (χ4v) is 4.22. The third-order valence-electron chi connectivity index (χ3n) is 6.16. The number of benzene rings is 1. The van der Waals surface area contributed by atoms with E-state index >= 15 is 0 Å². The Balaban J connectivity index is 1.34. The minimum Gasteiger partial charge on any atom is -0.490 e. The van der Waals surface area contributed by atoms with Crippen molar-refractivity contribution in [2.24, 2.45) is 0 Å². The molecule has 8 nitrogen and oxygen atoms in total. The zero-order valence-corrected chi connectivity index (χ0v) is 18.4. The molecule has 0 radical (unpaired) electrons. The van der Waals surface area contributed by atoms with Crippen LogP contribution in [0.25, 0.3) is 5.65 Å². The summed E-state index contributed by atoms with van der Waals surface area (Å²) in [5, 5.41) is 4.47. The first kappa shape index (κ1) is 20.5. The average Bonchev–Trinajstić information content (AvgIpc) is 2.81. The van der Waals surface area contributed by atoms with Crippen molar-refractivity contribution < 1.29 is 18.6 Å². The van der Waals surface area contributed by atoms with Gasteiger partial charge in [-0.05, 0) is 32.9 Å². The molecule has 2 aliphatic heterocycles. The highest BCUT2D eigenvalue weighted by molar-refractivity contribution is 5.59. The molecule has 168 valence electrons. The summed E-state index contributed by atoms with van der Waals surface area (Å²) in [5.41, 5.74) is 1.48. The number of hydrogen-bond acceptors (Lipinski definition) is 7. The Hall–Kier alpha value is -3.36. The molecular formula is C23H25FN4O4. The highest BCUT2D eigenvalue weighted by Gasteiger charge is 2.25. The fraction of sp³-hybridized carbons (Fsp3) is 0.435. The number of anilines is 1. The van der Waals surface area contributed by atoms with E-state index < -0.39 is 11.4 Å². The Morgan fingerprint density at radius 2 is 1.78 bits per heavy atom. The summed E-state index contributed by atoms with van der Waals surface area (Å²) in [5.74, 6) is 2.02. The van der Waals surface area contributed by atoms with E-state index in [2.05, 4.69) is 15.0 Å². The Bertz CT molecular complexity index is 1250. The Labute approximate surface area is 184 Å². The van der Waals surface area contributed by atoms with Gasteiger partial charge in [-0.1, -0.05) is 0 Å². The van der Waals surface area contributed by atoms with Crippen LogP contribution in [0.15, 0.2) is 23.0 Å². The van der Waals surface area contributed by atoms with E-state index in [1.165, 1.54) is 6.92 Å². The SMILES string of the molecule is Cc1nc2c(C)c(C)c(N3CCC(Oc4ccc5c(c4)OCCO5)CC3)nn2c(=O)c1F. The maximum absolute atomic E-state index is 14.1. The van der Waals surface area contributed by atoms with Crippen LogP contribution in [-0.4, -0.2) is 47.0 Å². The number of fused-ring (bicyclic) bond motifs is 2. The zero-order valence-electron chi connectivity index (χ0n) is 18.4. The van der Waals surface area contributed by atoms with Crippen molar-refractivity contribution in [2.75, 3.05) is 31.2 Å². The van der Waals surface area contributed by atoms with Crippen molar-refractivity contribution in [3.05, 3.63) is 51.2 Å². The van der Waals surface area contributed by atoms with Gasteiger partial charge < -0.3 is 19.1 Å². The molecule has 0 N–H and O–H groups in total. The highest BCUT2D eigenvalue weighted by Crippen LogP contribution is 2.35. The van der Waals surface area contributed by atoms with Crippen LogP contribution in [0.5, 0.6) is 17.2 Å². The summed E-state index contributed by atoms with van der Waals surface area (Å²) in [4.78, 5) is 18.8. The second kappa shape index (κ2) is 7.96. The number of ether oxygens (including phenoxy) is 3. The maximum Gasteiger partial charge on any atom is 0.310 e. The van der Waals surface area contributed by atoms with Gasteiger partial charge in [-0.25, -0.2) is 4.98 Å². The summed E-state index contributed by atoms with van der Waals surface area (Å²) < 4.78 is 32.6. The molecule has 0 spiro atoms. The molecule has 1 aromatic carbocycles. The first-order chi connectivity index (χ1) is 15.4. The van der Waals surface area contributed by atoms with Crippen molar-refractivity contribution in [3.63, 3.8) is 0 Å². The highest BCUT2D eigenvalue weighted by atomic mass is 19.1. The molecule has 0 bridgehead atoms. The largest absolute Gasteiger partial charge is 0.490 e. The molecule has 2 aromatic heterocycles. The van der Waals surface area contributed by atoms with Gasteiger partial charge in [0.15, 0.2) is 23.0 Å². The number of rotatable bonds is 3. The molecule has 0 unspecified atom stereocenters. The van der Waals surface area contributed by atoms with Crippen LogP contribution >= 0.6 is 0 Å². The lowest BCUT2D eigenvalue weighted by atomic mass is 10.1. The van der Waals surface area contributed by atoms with Crippen LogP contribution in [0.4, 0.5) is 10.2 Å². The molecular weight excluding hydrogens is 415 g/mol. The van der Waals surface area contributed by atoms with E-state index in [1.807, 2.05) is 32.0 Å². The fourth-order valence-electron chi connectivity index (χ4n) is 4.22. The molecule has 0 saturated carbocycles. The predicted octanol–water partition coefficient (Wildman–Crippen LogP) is 2.97. The summed E-state index contributed by atoms with van der Waals surface area (Å²) in [7, 11) is 0. The van der Waals surface area contributed by atoms with Crippen LogP contribution in [0.3, 0.4) is 0 Å². The van der Waals surface area contributed by atoms with Gasteiger partial charge in [-0.3, -0.25) is 4.79 Å². The van der Waals surface area contributed by atoms with Crippen LogP contribution in [0, 0.1) is 26.6 Å². The maximum atomic E-state index is 14.1. The van der Waals surface area contributed by atoms with Crippen molar-refractivity contribution in [3.8, 4) is 17.2 Å². The number of halogens is 1. The van der Waals surface area contributed by atoms with Crippen molar-refractivity contribution in [1.82, 2.24) is 14.6 Å². The van der Waals surface area contributed by atoms with Crippen LogP contribution in [0.1, 0.15) is 29.7 Å². The lowest BCUT2D eigenvalue weighted by Crippen LogP contribution is -2.40. The molecule has 1 fully saturated rings. The molecule has 3 aromatic rings. The van der Waals surface area contributed by atoms with E-state index in [4.69, 9.17) is 14.2 Å². The predicted molar refractivity (Wildman–Crippen MR) is 117 cm³/mol. The van der Waals surface area contributed by atoms with E-state index in [1.54, 1.807) is 0 Å². The molecule has 9 heteroatoms. The van der Waals surface area contributed by atoms with Gasteiger partial charge in [-0.2, -0.15) is 8.91 Å². The van der Waals surface area contributed by atoms with E-state index in [0.717, 1.165) is 40.0 Å². The Kier molecular flexibility index (Phi) is 5.11. The van der Waals surface area contributed by atoms with Gasteiger partial charge in [0.1, 0.15) is 25.1 Å². The molecule has 2 aliphatic rings. The molecule has 4 heterocycles. The topological polar surface area (TPSA) is 78.2 Å². The molecule has 0 amide bonds. The van der Waals surface area contributed by atoms with Gasteiger partial charge in [0.05, 0.1) is 5.69 Å². The molecule has 0 aliphatic carbocycles. The van der Waals surface area contributed by atoms with Crippen LogP contribution < -0.4 is 24.7 Å². The van der Waals surface area contributed by atoms with Crippen molar-refractivity contribution in [2.45, 2.75) is 39.7 Å². The Morgan fingerprint density at radius 3 is 2.53 bits per heavy atom. The number of aryl methyl sites for hydroxylation is 2. The summed E-state index contributed by atoms with van der Waals surface area (Å²) >= 11 is 0. The third kappa shape index (κ3) is 3.51. The number of piperidine rings is 1. The van der Waals surface area contributed by atoms with Crippen molar-refractivity contribution >= 4 is 11.5 Å². The second-order valence-corrected chi connectivity index (χ2v) is 8.24. The van der Waals surface area contributed by atoms with Gasteiger partial charge >= 0.3 is 5.56 Å². The molecule has 32 heavy (non-hydrogen) atoms. The van der Waals surface area contributed by atoms with Crippen LogP contribution in [0.2, 0.25) is 0 Å². The standard InChI is InChI=1S/C23H25FN4O4/c1-13-14(2)22(26-28-21(13)25-15(3)20(24)23(28)29)27-8-6-16(7-9-27)32-17-4-5-18-19(12-17)31-11-10-30-18/h4-5,12,16H,6-11H2,1-3H3. The van der Waals surface area contributed by atoms with E-state index in [0.29, 0.717) is 43.5 Å². The molecule has 1 saturated heterocycles. The Morgan fingerprint density at radius 1 is 1.06 bits per heavy atom. The van der Waals surface area contributed by atoms with Gasteiger partial charge in [-0.15, -0.1) is 5.10 Å². The monoisotopic (exact) mass is 440 g/mol. The zero-order chi connectivity index (χ0) is 22.4. The smallest absolute Gasteiger partial charge is 0.310 e. The first-order valence-electron chi connectivity index (χ1n) is 10.8. The number of aromatic nitrogens is 3.